The summed E-state index contributed by atoms with van der Waals surface area (Å²) in [5.74, 6) is 0.896. The Balaban J connectivity index is 3.05. The van der Waals surface area contributed by atoms with E-state index in [9.17, 15) is 0 Å². The summed E-state index contributed by atoms with van der Waals surface area (Å²) in [5.41, 5.74) is 2.05. The van der Waals surface area contributed by atoms with Crippen molar-refractivity contribution < 1.29 is 4.52 Å². The van der Waals surface area contributed by atoms with Gasteiger partial charge in [0.25, 0.3) is 0 Å². The maximum atomic E-state index is 4.95. The fourth-order valence-electron chi connectivity index (χ4n) is 0.748. The molecule has 0 aliphatic carbocycles. The first-order valence-corrected chi connectivity index (χ1v) is 3.31. The van der Waals surface area contributed by atoms with Gasteiger partial charge in [0.15, 0.2) is 0 Å². The molecule has 0 amide bonds. The van der Waals surface area contributed by atoms with E-state index in [1.165, 1.54) is 0 Å². The van der Waals surface area contributed by atoms with Crippen molar-refractivity contribution in [3.63, 3.8) is 0 Å². The lowest BCUT2D eigenvalue weighted by Crippen LogP contribution is -1.74. The van der Waals surface area contributed by atoms with Crippen LogP contribution in [0.1, 0.15) is 23.9 Å². The van der Waals surface area contributed by atoms with Crippen molar-refractivity contribution in [1.82, 2.24) is 5.16 Å². The summed E-state index contributed by atoms with van der Waals surface area (Å²) in [6.45, 7) is 5.87. The molecule has 1 aromatic rings. The van der Waals surface area contributed by atoms with E-state index in [4.69, 9.17) is 4.52 Å². The van der Waals surface area contributed by atoms with Crippen molar-refractivity contribution in [2.75, 3.05) is 0 Å². The van der Waals surface area contributed by atoms with Crippen LogP contribution in [0.4, 0.5) is 0 Å². The Kier molecular flexibility index (Phi) is 1.90. The molecule has 2 heteroatoms. The lowest BCUT2D eigenvalue weighted by Gasteiger charge is -1.83. The predicted octanol–water partition coefficient (Wildman–Crippen LogP) is 2.32. The molecule has 0 atom stereocenters. The summed E-state index contributed by atoms with van der Waals surface area (Å²) >= 11 is 0. The number of allylic oxidation sites excluding steroid dienone is 1. The summed E-state index contributed by atoms with van der Waals surface area (Å²) in [5, 5.41) is 3.84. The average molecular weight is 137 g/mol. The molecule has 0 bridgehead atoms. The van der Waals surface area contributed by atoms with Crippen LogP contribution in [0, 0.1) is 13.8 Å². The van der Waals surface area contributed by atoms with E-state index in [2.05, 4.69) is 5.16 Å². The van der Waals surface area contributed by atoms with Gasteiger partial charge in [-0.25, -0.2) is 0 Å². The first-order valence-electron chi connectivity index (χ1n) is 3.31. The smallest absolute Gasteiger partial charge is 0.137 e. The standard InChI is InChI=1S/C8H11NO/c1-4-5-8-6(2)7(3)10-9-8/h4-5H,1-3H3. The highest BCUT2D eigenvalue weighted by molar-refractivity contribution is 5.48. The minimum absolute atomic E-state index is 0.896. The van der Waals surface area contributed by atoms with Crippen LogP contribution in [0.15, 0.2) is 10.6 Å². The molecule has 0 spiro atoms. The zero-order valence-electron chi connectivity index (χ0n) is 6.51. The van der Waals surface area contributed by atoms with Crippen molar-refractivity contribution in [3.05, 3.63) is 23.1 Å². The molecule has 0 saturated heterocycles. The van der Waals surface area contributed by atoms with E-state index in [1.54, 1.807) is 0 Å². The molecule has 0 fully saturated rings. The first kappa shape index (κ1) is 7.06. The largest absolute Gasteiger partial charge is 0.361 e. The van der Waals surface area contributed by atoms with Crippen LogP contribution in [0.3, 0.4) is 0 Å². The molecule has 0 aliphatic rings. The van der Waals surface area contributed by atoms with Crippen molar-refractivity contribution in [2.45, 2.75) is 20.8 Å². The monoisotopic (exact) mass is 137 g/mol. The summed E-state index contributed by atoms with van der Waals surface area (Å²) in [7, 11) is 0. The molecule has 1 rings (SSSR count). The van der Waals surface area contributed by atoms with Crippen LogP contribution in [0.25, 0.3) is 6.08 Å². The SMILES string of the molecule is CC=Cc1noc(C)c1C. The molecule has 0 unspecified atom stereocenters. The van der Waals surface area contributed by atoms with Gasteiger partial charge in [-0.15, -0.1) is 0 Å². The van der Waals surface area contributed by atoms with E-state index < -0.39 is 0 Å². The lowest BCUT2D eigenvalue weighted by molar-refractivity contribution is 0.395. The van der Waals surface area contributed by atoms with Gasteiger partial charge in [0.05, 0.1) is 0 Å². The van der Waals surface area contributed by atoms with Crippen molar-refractivity contribution in [1.29, 1.82) is 0 Å². The number of rotatable bonds is 1. The van der Waals surface area contributed by atoms with Gasteiger partial charge in [0.2, 0.25) is 0 Å². The normalized spacial score (nSPS) is 11.1. The molecule has 54 valence electrons. The molecule has 0 aromatic carbocycles. The number of aromatic nitrogens is 1. The van der Waals surface area contributed by atoms with E-state index >= 15 is 0 Å². The minimum Gasteiger partial charge on any atom is -0.361 e. The molecule has 10 heavy (non-hydrogen) atoms. The van der Waals surface area contributed by atoms with Gasteiger partial charge in [0, 0.05) is 5.56 Å². The Morgan fingerprint density at radius 1 is 1.40 bits per heavy atom. The molecule has 1 heterocycles. The second-order valence-corrected chi connectivity index (χ2v) is 2.25. The molecular formula is C8H11NO. The summed E-state index contributed by atoms with van der Waals surface area (Å²) in [6.07, 6.45) is 3.89. The number of nitrogens with zero attached hydrogens (tertiary/aromatic N) is 1. The lowest BCUT2D eigenvalue weighted by atomic mass is 10.2. The van der Waals surface area contributed by atoms with Gasteiger partial charge >= 0.3 is 0 Å². The summed E-state index contributed by atoms with van der Waals surface area (Å²) < 4.78 is 4.95. The van der Waals surface area contributed by atoms with Gasteiger partial charge in [-0.3, -0.25) is 0 Å². The van der Waals surface area contributed by atoms with Crippen LogP contribution < -0.4 is 0 Å². The third-order valence-electron chi connectivity index (χ3n) is 1.52. The third kappa shape index (κ3) is 1.10. The van der Waals surface area contributed by atoms with Crippen LogP contribution in [-0.2, 0) is 0 Å². The Hall–Kier alpha value is -1.05. The highest BCUT2D eigenvalue weighted by Crippen LogP contribution is 2.11. The molecule has 2 nitrogen and oxygen atoms in total. The van der Waals surface area contributed by atoms with Gasteiger partial charge < -0.3 is 4.52 Å². The average Bonchev–Trinajstić information content (AvgIpc) is 2.20. The Morgan fingerprint density at radius 3 is 2.50 bits per heavy atom. The summed E-state index contributed by atoms with van der Waals surface area (Å²) in [4.78, 5) is 0. The Bertz CT molecular complexity index is 248. The molecular weight excluding hydrogens is 126 g/mol. The van der Waals surface area contributed by atoms with Crippen molar-refractivity contribution in [2.24, 2.45) is 0 Å². The van der Waals surface area contributed by atoms with E-state index in [0.29, 0.717) is 0 Å². The van der Waals surface area contributed by atoms with Crippen LogP contribution >= 0.6 is 0 Å². The van der Waals surface area contributed by atoms with E-state index in [0.717, 1.165) is 17.0 Å². The Labute approximate surface area is 60.5 Å². The van der Waals surface area contributed by atoms with Crippen molar-refractivity contribution >= 4 is 6.08 Å². The maximum absolute atomic E-state index is 4.95. The molecule has 1 aromatic heterocycles. The van der Waals surface area contributed by atoms with Crippen LogP contribution in [-0.4, -0.2) is 5.16 Å². The third-order valence-corrected chi connectivity index (χ3v) is 1.52. The quantitative estimate of drug-likeness (QED) is 0.593. The number of aryl methyl sites for hydroxylation is 1. The fourth-order valence-corrected chi connectivity index (χ4v) is 0.748. The predicted molar refractivity (Wildman–Crippen MR) is 40.7 cm³/mol. The molecule has 0 N–H and O–H groups in total. The van der Waals surface area contributed by atoms with E-state index in [1.807, 2.05) is 32.9 Å². The topological polar surface area (TPSA) is 26.0 Å². The molecule has 0 aliphatic heterocycles. The van der Waals surface area contributed by atoms with Gasteiger partial charge in [-0.05, 0) is 26.8 Å². The minimum atomic E-state index is 0.896. The highest BCUT2D eigenvalue weighted by atomic mass is 16.5. The zero-order chi connectivity index (χ0) is 7.56. The zero-order valence-corrected chi connectivity index (χ0v) is 6.51. The van der Waals surface area contributed by atoms with Gasteiger partial charge in [0.1, 0.15) is 11.5 Å². The number of hydrogen-bond acceptors (Lipinski definition) is 2. The molecule has 0 saturated carbocycles. The highest BCUT2D eigenvalue weighted by Gasteiger charge is 2.02. The van der Waals surface area contributed by atoms with Crippen LogP contribution in [0.2, 0.25) is 0 Å². The Morgan fingerprint density at radius 2 is 2.10 bits per heavy atom. The first-order chi connectivity index (χ1) is 4.75. The maximum Gasteiger partial charge on any atom is 0.137 e. The second kappa shape index (κ2) is 2.69. The van der Waals surface area contributed by atoms with Crippen molar-refractivity contribution in [3.8, 4) is 0 Å². The fraction of sp³-hybridized carbons (Fsp3) is 0.375. The second-order valence-electron chi connectivity index (χ2n) is 2.25. The number of hydrogen-bond donors (Lipinski definition) is 0. The van der Waals surface area contributed by atoms with Crippen LogP contribution in [0.5, 0.6) is 0 Å². The van der Waals surface area contributed by atoms with Gasteiger partial charge in [-0.2, -0.15) is 0 Å². The summed E-state index contributed by atoms with van der Waals surface area (Å²) in [6, 6.07) is 0. The van der Waals surface area contributed by atoms with E-state index in [-0.39, 0.29) is 0 Å². The molecule has 0 radical (unpaired) electrons. The van der Waals surface area contributed by atoms with Gasteiger partial charge in [-0.1, -0.05) is 11.2 Å².